The quantitative estimate of drug-likeness (QED) is 0.747. The Morgan fingerprint density at radius 2 is 1.83 bits per heavy atom. The second-order valence-corrected chi connectivity index (χ2v) is 5.88. The smallest absolute Gasteiger partial charge is 0.318 e. The van der Waals surface area contributed by atoms with Crippen LogP contribution in [0.3, 0.4) is 0 Å². The van der Waals surface area contributed by atoms with Crippen LogP contribution >= 0.6 is 11.8 Å². The lowest BCUT2D eigenvalue weighted by Gasteiger charge is -2.07. The Hall–Kier alpha value is -2.75. The third-order valence-corrected chi connectivity index (χ3v) is 3.83. The first-order valence-electron chi connectivity index (χ1n) is 6.77. The fraction of sp³-hybridized carbons (Fsp3) is 0.286. The molecule has 1 heterocycles. The molecule has 0 spiro atoms. The predicted molar refractivity (Wildman–Crippen MR) is 85.9 cm³/mol. The Bertz CT molecular complexity index is 726. The van der Waals surface area contributed by atoms with E-state index in [9.17, 15) is 9.59 Å². The summed E-state index contributed by atoms with van der Waals surface area (Å²) >= 11 is 1.01. The van der Waals surface area contributed by atoms with Gasteiger partial charge < -0.3 is 19.6 Å². The van der Waals surface area contributed by atoms with E-state index in [0.717, 1.165) is 11.8 Å². The summed E-state index contributed by atoms with van der Waals surface area (Å²) in [5.41, 5.74) is 5.51. The topological polar surface area (TPSA) is 130 Å². The monoisotopic (exact) mass is 352 g/mol. The van der Waals surface area contributed by atoms with E-state index in [1.54, 1.807) is 25.1 Å². The van der Waals surface area contributed by atoms with Gasteiger partial charge in [-0.25, -0.2) is 4.79 Å². The van der Waals surface area contributed by atoms with Crippen LogP contribution in [0, 0.1) is 0 Å². The molecule has 1 atom stereocenters. The van der Waals surface area contributed by atoms with Crippen LogP contribution in [0.2, 0.25) is 0 Å². The van der Waals surface area contributed by atoms with Gasteiger partial charge in [-0.3, -0.25) is 10.1 Å². The molecular weight excluding hydrogens is 336 g/mol. The Morgan fingerprint density at radius 3 is 2.38 bits per heavy atom. The molecule has 0 saturated carbocycles. The molecule has 1 aromatic heterocycles. The second-order valence-electron chi connectivity index (χ2n) is 4.59. The summed E-state index contributed by atoms with van der Waals surface area (Å²) in [7, 11) is 3.07. The largest absolute Gasteiger partial charge is 0.497 e. The van der Waals surface area contributed by atoms with Crippen molar-refractivity contribution in [2.45, 2.75) is 17.4 Å². The number of aromatic nitrogens is 2. The van der Waals surface area contributed by atoms with Gasteiger partial charge in [0.05, 0.1) is 19.5 Å². The zero-order valence-electron chi connectivity index (χ0n) is 13.2. The maximum Gasteiger partial charge on any atom is 0.318 e. The minimum atomic E-state index is -0.915. The van der Waals surface area contributed by atoms with Crippen LogP contribution in [-0.2, 0) is 4.79 Å². The summed E-state index contributed by atoms with van der Waals surface area (Å²) in [6.45, 7) is 1.58. The molecule has 0 radical (unpaired) electrons. The first-order chi connectivity index (χ1) is 11.4. The molecule has 9 nitrogen and oxygen atoms in total. The van der Waals surface area contributed by atoms with E-state index in [2.05, 4.69) is 10.2 Å². The fourth-order valence-electron chi connectivity index (χ4n) is 1.73. The van der Waals surface area contributed by atoms with Gasteiger partial charge in [0.2, 0.25) is 11.8 Å². The van der Waals surface area contributed by atoms with E-state index in [0.29, 0.717) is 17.1 Å². The van der Waals surface area contributed by atoms with E-state index in [4.69, 9.17) is 19.6 Å². The van der Waals surface area contributed by atoms with Crippen LogP contribution in [0.4, 0.5) is 4.79 Å². The molecular formula is C14H16N4O5S. The molecule has 0 fully saturated rings. The maximum absolute atomic E-state index is 11.6. The Kier molecular flexibility index (Phi) is 5.64. The first kappa shape index (κ1) is 17.6. The van der Waals surface area contributed by atoms with Crippen molar-refractivity contribution in [1.82, 2.24) is 15.5 Å². The van der Waals surface area contributed by atoms with Crippen LogP contribution < -0.4 is 20.5 Å². The highest BCUT2D eigenvalue weighted by atomic mass is 32.2. The molecule has 0 aliphatic rings. The van der Waals surface area contributed by atoms with Crippen LogP contribution in [0.1, 0.15) is 6.92 Å². The number of hydrogen-bond donors (Lipinski definition) is 2. The highest BCUT2D eigenvalue weighted by Crippen LogP contribution is 2.31. The number of imide groups is 1. The summed E-state index contributed by atoms with van der Waals surface area (Å²) in [4.78, 5) is 22.3. The van der Waals surface area contributed by atoms with Gasteiger partial charge in [-0.1, -0.05) is 11.8 Å². The van der Waals surface area contributed by atoms with Gasteiger partial charge in [0.25, 0.3) is 5.22 Å². The molecule has 24 heavy (non-hydrogen) atoms. The number of carbonyl (C=O) groups excluding carboxylic acids is 2. The second kappa shape index (κ2) is 7.68. The maximum atomic E-state index is 11.6. The summed E-state index contributed by atoms with van der Waals surface area (Å²) in [6.07, 6.45) is 0. The number of carbonyl (C=O) groups is 2. The Labute approximate surface area is 141 Å². The lowest BCUT2D eigenvalue weighted by atomic mass is 10.2. The van der Waals surface area contributed by atoms with Crippen molar-refractivity contribution in [3.63, 3.8) is 0 Å². The van der Waals surface area contributed by atoms with Crippen LogP contribution in [0.5, 0.6) is 11.5 Å². The molecule has 128 valence electrons. The average molecular weight is 352 g/mol. The van der Waals surface area contributed by atoms with Gasteiger partial charge in [0.15, 0.2) is 0 Å². The molecule has 3 amide bonds. The van der Waals surface area contributed by atoms with E-state index < -0.39 is 17.2 Å². The van der Waals surface area contributed by atoms with Crippen molar-refractivity contribution in [3.05, 3.63) is 18.2 Å². The van der Waals surface area contributed by atoms with Crippen LogP contribution in [-0.4, -0.2) is 41.6 Å². The number of rotatable bonds is 6. The number of primary amides is 1. The van der Waals surface area contributed by atoms with Gasteiger partial charge in [0.1, 0.15) is 11.5 Å². The van der Waals surface area contributed by atoms with E-state index >= 15 is 0 Å². The Morgan fingerprint density at radius 1 is 1.21 bits per heavy atom. The van der Waals surface area contributed by atoms with Gasteiger partial charge in [0, 0.05) is 11.6 Å². The van der Waals surface area contributed by atoms with Crippen molar-refractivity contribution in [2.75, 3.05) is 14.2 Å². The molecule has 2 rings (SSSR count). The van der Waals surface area contributed by atoms with Crippen molar-refractivity contribution < 1.29 is 23.5 Å². The number of urea groups is 1. The number of methoxy groups -OCH3 is 2. The van der Waals surface area contributed by atoms with Gasteiger partial charge in [-0.05, 0) is 19.1 Å². The number of hydrogen-bond acceptors (Lipinski definition) is 8. The zero-order valence-corrected chi connectivity index (χ0v) is 14.0. The van der Waals surface area contributed by atoms with Gasteiger partial charge >= 0.3 is 6.03 Å². The number of nitrogens with zero attached hydrogens (tertiary/aromatic N) is 2. The summed E-state index contributed by atoms with van der Waals surface area (Å²) in [6, 6.07) is 4.23. The lowest BCUT2D eigenvalue weighted by Crippen LogP contribution is -2.39. The van der Waals surface area contributed by atoms with Gasteiger partial charge in [-0.2, -0.15) is 0 Å². The first-order valence-corrected chi connectivity index (χ1v) is 7.64. The molecule has 0 aliphatic carbocycles. The fourth-order valence-corrected chi connectivity index (χ4v) is 2.42. The SMILES string of the molecule is COc1cc(OC)cc(-c2nnc(S[C@H](C)C(=O)NC(N)=O)o2)c1. The summed E-state index contributed by atoms with van der Waals surface area (Å²) in [5, 5.41) is 9.35. The number of benzene rings is 1. The average Bonchev–Trinajstić information content (AvgIpc) is 3.02. The molecule has 1 aromatic carbocycles. The molecule has 0 aliphatic heterocycles. The lowest BCUT2D eigenvalue weighted by molar-refractivity contribution is -0.119. The van der Waals surface area contributed by atoms with Crippen molar-refractivity contribution in [3.8, 4) is 23.0 Å². The molecule has 0 saturated heterocycles. The van der Waals surface area contributed by atoms with E-state index in [1.165, 1.54) is 14.2 Å². The molecule has 3 N–H and O–H groups in total. The molecule has 10 heteroatoms. The number of nitrogens with one attached hydrogen (secondary N) is 1. The third kappa shape index (κ3) is 4.38. The number of thioether (sulfide) groups is 1. The standard InChI is InChI=1S/C14H16N4O5S/c1-7(11(19)16-13(15)20)24-14-18-17-12(23-14)8-4-9(21-2)6-10(5-8)22-3/h4-7H,1-3H3,(H3,15,16,19,20)/t7-/m1/s1. The van der Waals surface area contributed by atoms with Crippen LogP contribution in [0.25, 0.3) is 11.5 Å². The van der Waals surface area contributed by atoms with E-state index in [-0.39, 0.29) is 11.1 Å². The van der Waals surface area contributed by atoms with Crippen molar-refractivity contribution >= 4 is 23.7 Å². The number of amides is 3. The van der Waals surface area contributed by atoms with Gasteiger partial charge in [-0.15, -0.1) is 10.2 Å². The third-order valence-electron chi connectivity index (χ3n) is 2.90. The predicted octanol–water partition coefficient (Wildman–Crippen LogP) is 1.43. The normalized spacial score (nSPS) is 11.6. The number of nitrogens with two attached hydrogens (primary N) is 1. The zero-order chi connectivity index (χ0) is 17.7. The van der Waals surface area contributed by atoms with E-state index in [1.807, 2.05) is 5.32 Å². The molecule has 2 aromatic rings. The minimum Gasteiger partial charge on any atom is -0.497 e. The molecule has 0 bridgehead atoms. The van der Waals surface area contributed by atoms with Crippen molar-refractivity contribution in [1.29, 1.82) is 0 Å². The summed E-state index contributed by atoms with van der Waals surface area (Å²) in [5.74, 6) is 0.851. The highest BCUT2D eigenvalue weighted by molar-refractivity contribution is 8.00. The molecule has 0 unspecified atom stereocenters. The van der Waals surface area contributed by atoms with Crippen molar-refractivity contribution in [2.24, 2.45) is 5.73 Å². The highest BCUT2D eigenvalue weighted by Gasteiger charge is 2.20. The summed E-state index contributed by atoms with van der Waals surface area (Å²) < 4.78 is 15.9. The van der Waals surface area contributed by atoms with Crippen LogP contribution in [0.15, 0.2) is 27.8 Å². The Balaban J connectivity index is 2.16. The number of ether oxygens (including phenoxy) is 2. The minimum absolute atomic E-state index is 0.180.